The van der Waals surface area contributed by atoms with Gasteiger partial charge in [-0.2, -0.15) is 0 Å². The third kappa shape index (κ3) is 1.68. The molecule has 0 radical (unpaired) electrons. The maximum atomic E-state index is 11.6. The van der Waals surface area contributed by atoms with Crippen LogP contribution in [-0.4, -0.2) is 41.6 Å². The van der Waals surface area contributed by atoms with Gasteiger partial charge in [-0.25, -0.2) is 0 Å². The van der Waals surface area contributed by atoms with Crippen molar-refractivity contribution in [3.63, 3.8) is 0 Å². The number of carbonyl (C=O) groups is 1. The lowest BCUT2D eigenvalue weighted by Crippen LogP contribution is -2.40. The van der Waals surface area contributed by atoms with E-state index in [0.29, 0.717) is 6.61 Å². The highest BCUT2D eigenvalue weighted by Gasteiger charge is 2.42. The van der Waals surface area contributed by atoms with Gasteiger partial charge < -0.3 is 14.4 Å². The molecule has 2 heterocycles. The molecule has 2 rings (SSSR count). The molecule has 2 aliphatic rings. The van der Waals surface area contributed by atoms with Gasteiger partial charge in [0.15, 0.2) is 11.0 Å². The van der Waals surface area contributed by atoms with Gasteiger partial charge >= 0.3 is 0 Å². The molecule has 0 aliphatic carbocycles. The Labute approximate surface area is 81.6 Å². The molecule has 74 valence electrons. The number of carbonyl (C=O) groups excluding carboxylic acids is 1. The lowest BCUT2D eigenvalue weighted by Gasteiger charge is -2.27. The Bertz CT molecular complexity index is 212. The normalized spacial score (nSPS) is 33.6. The summed E-state index contributed by atoms with van der Waals surface area (Å²) < 4.78 is 10.7. The minimum atomic E-state index is -0.340. The lowest BCUT2D eigenvalue weighted by molar-refractivity contribution is -0.146. The predicted molar refractivity (Wildman–Crippen MR) is 49.1 cm³/mol. The van der Waals surface area contributed by atoms with Crippen molar-refractivity contribution in [3.8, 4) is 0 Å². The predicted octanol–water partition coefficient (Wildman–Crippen LogP) is 0.628. The molecule has 2 atom stereocenters. The minimum absolute atomic E-state index is 0.0663. The van der Waals surface area contributed by atoms with E-state index >= 15 is 0 Å². The van der Waals surface area contributed by atoms with Gasteiger partial charge in [0.25, 0.3) is 5.91 Å². The molecular weight excluding hydrogens is 190 g/mol. The summed E-state index contributed by atoms with van der Waals surface area (Å²) in [4.78, 5) is 13.4. The Hall–Kier alpha value is -0.260. The highest BCUT2D eigenvalue weighted by molar-refractivity contribution is 8.01. The first kappa shape index (κ1) is 9.30. The van der Waals surface area contributed by atoms with E-state index in [1.807, 2.05) is 6.92 Å². The van der Waals surface area contributed by atoms with E-state index in [-0.39, 0.29) is 16.9 Å². The van der Waals surface area contributed by atoms with Crippen molar-refractivity contribution >= 4 is 17.7 Å². The molecule has 2 fully saturated rings. The van der Waals surface area contributed by atoms with Crippen LogP contribution in [0.2, 0.25) is 0 Å². The van der Waals surface area contributed by atoms with Crippen LogP contribution < -0.4 is 0 Å². The maximum Gasteiger partial charge on any atom is 0.265 e. The molecule has 4 nitrogen and oxygen atoms in total. The molecule has 1 amide bonds. The van der Waals surface area contributed by atoms with Gasteiger partial charge in [0.2, 0.25) is 0 Å². The van der Waals surface area contributed by atoms with Gasteiger partial charge in [-0.1, -0.05) is 11.8 Å². The molecule has 0 aromatic rings. The molecule has 2 saturated heterocycles. The zero-order valence-corrected chi connectivity index (χ0v) is 8.38. The van der Waals surface area contributed by atoms with E-state index in [1.165, 1.54) is 11.8 Å². The molecule has 13 heavy (non-hydrogen) atoms. The van der Waals surface area contributed by atoms with Crippen LogP contribution in [0.15, 0.2) is 0 Å². The van der Waals surface area contributed by atoms with Crippen LogP contribution in [0.4, 0.5) is 0 Å². The average molecular weight is 203 g/mol. The largest absolute Gasteiger partial charge is 0.358 e. The number of hydrogen-bond acceptors (Lipinski definition) is 4. The molecule has 2 aliphatic heterocycles. The van der Waals surface area contributed by atoms with Crippen molar-refractivity contribution in [3.05, 3.63) is 0 Å². The highest BCUT2D eigenvalue weighted by Crippen LogP contribution is 2.34. The van der Waals surface area contributed by atoms with Gasteiger partial charge in [-0.15, -0.1) is 0 Å². The Balaban J connectivity index is 2.01. The zero-order valence-electron chi connectivity index (χ0n) is 7.56. The summed E-state index contributed by atoms with van der Waals surface area (Å²) in [5.41, 5.74) is -0.439. The first-order chi connectivity index (χ1) is 6.33. The average Bonchev–Trinajstić information content (AvgIpc) is 2.46. The van der Waals surface area contributed by atoms with E-state index in [9.17, 15) is 4.79 Å². The fourth-order valence-corrected chi connectivity index (χ4v) is 2.71. The minimum Gasteiger partial charge on any atom is -0.358 e. The van der Waals surface area contributed by atoms with Crippen LogP contribution in [0.3, 0.4) is 0 Å². The first-order valence-electron chi connectivity index (χ1n) is 4.52. The standard InChI is InChI=1S/C8H13NO3S/c1-2-11-7-6(10)9-4-3-5-12-8(9)13-7/h7-8H,2-5H2,1H3/t7-,8+/m0/s1. The summed E-state index contributed by atoms with van der Waals surface area (Å²) in [5.74, 6) is 0.0663. The van der Waals surface area contributed by atoms with Crippen LogP contribution >= 0.6 is 11.8 Å². The molecule has 0 unspecified atom stereocenters. The second-order valence-corrected chi connectivity index (χ2v) is 4.09. The van der Waals surface area contributed by atoms with Gasteiger partial charge in [-0.3, -0.25) is 4.79 Å². The molecule has 0 spiro atoms. The summed E-state index contributed by atoms with van der Waals surface area (Å²) in [6.07, 6.45) is 0.932. The Kier molecular flexibility index (Phi) is 2.76. The third-order valence-electron chi connectivity index (χ3n) is 2.10. The molecule has 0 aromatic heterocycles. The fraction of sp³-hybridized carbons (Fsp3) is 0.875. The molecule has 0 aromatic carbocycles. The lowest BCUT2D eigenvalue weighted by atomic mass is 10.4. The fourth-order valence-electron chi connectivity index (χ4n) is 1.50. The van der Waals surface area contributed by atoms with E-state index in [1.54, 1.807) is 4.90 Å². The number of amides is 1. The SMILES string of the molecule is CCO[C@H]1S[C@H]2OCCCN2C1=O. The number of ether oxygens (including phenoxy) is 2. The number of nitrogens with zero attached hydrogens (tertiary/aromatic N) is 1. The second kappa shape index (κ2) is 3.86. The molecule has 0 N–H and O–H groups in total. The Morgan fingerprint density at radius 2 is 2.62 bits per heavy atom. The number of fused-ring (bicyclic) bond motifs is 1. The maximum absolute atomic E-state index is 11.6. The van der Waals surface area contributed by atoms with Crippen LogP contribution in [0, 0.1) is 0 Å². The van der Waals surface area contributed by atoms with Crippen molar-refractivity contribution in [1.29, 1.82) is 0 Å². The van der Waals surface area contributed by atoms with Gasteiger partial charge in [-0.05, 0) is 13.3 Å². The summed E-state index contributed by atoms with van der Waals surface area (Å²) in [5, 5.41) is 0. The summed E-state index contributed by atoms with van der Waals surface area (Å²) in [6.45, 7) is 4.02. The van der Waals surface area contributed by atoms with E-state index in [4.69, 9.17) is 9.47 Å². The highest BCUT2D eigenvalue weighted by atomic mass is 32.2. The number of rotatable bonds is 2. The van der Waals surface area contributed by atoms with E-state index < -0.39 is 0 Å². The van der Waals surface area contributed by atoms with Crippen molar-refractivity contribution < 1.29 is 14.3 Å². The number of thioether (sulfide) groups is 1. The summed E-state index contributed by atoms with van der Waals surface area (Å²) in [7, 11) is 0. The second-order valence-electron chi connectivity index (χ2n) is 2.99. The Morgan fingerprint density at radius 1 is 1.77 bits per heavy atom. The topological polar surface area (TPSA) is 38.8 Å². The van der Waals surface area contributed by atoms with Crippen LogP contribution in [0.25, 0.3) is 0 Å². The van der Waals surface area contributed by atoms with Gasteiger partial charge in [0, 0.05) is 13.2 Å². The van der Waals surface area contributed by atoms with Crippen LogP contribution in [0.5, 0.6) is 0 Å². The van der Waals surface area contributed by atoms with Crippen molar-refractivity contribution in [2.45, 2.75) is 24.3 Å². The van der Waals surface area contributed by atoms with E-state index in [2.05, 4.69) is 0 Å². The van der Waals surface area contributed by atoms with Crippen LogP contribution in [0.1, 0.15) is 13.3 Å². The summed E-state index contributed by atoms with van der Waals surface area (Å²) in [6, 6.07) is 0. The van der Waals surface area contributed by atoms with E-state index in [0.717, 1.165) is 19.6 Å². The summed E-state index contributed by atoms with van der Waals surface area (Å²) >= 11 is 1.46. The van der Waals surface area contributed by atoms with Crippen molar-refractivity contribution in [1.82, 2.24) is 4.90 Å². The van der Waals surface area contributed by atoms with Crippen molar-refractivity contribution in [2.24, 2.45) is 0 Å². The molecule has 0 bridgehead atoms. The first-order valence-corrected chi connectivity index (χ1v) is 5.46. The monoisotopic (exact) mass is 203 g/mol. The molecule has 0 saturated carbocycles. The quantitative estimate of drug-likeness (QED) is 0.660. The van der Waals surface area contributed by atoms with Crippen LogP contribution in [-0.2, 0) is 14.3 Å². The smallest absolute Gasteiger partial charge is 0.265 e. The molecular formula is C8H13NO3S. The van der Waals surface area contributed by atoms with Gasteiger partial charge in [0.05, 0.1) is 6.61 Å². The number of hydrogen-bond donors (Lipinski definition) is 0. The van der Waals surface area contributed by atoms with Gasteiger partial charge in [0.1, 0.15) is 0 Å². The molecule has 5 heteroatoms. The Morgan fingerprint density at radius 3 is 3.31 bits per heavy atom. The van der Waals surface area contributed by atoms with Crippen molar-refractivity contribution in [2.75, 3.05) is 19.8 Å². The zero-order chi connectivity index (χ0) is 9.26. The third-order valence-corrected chi connectivity index (χ3v) is 3.31.